The molecule has 0 radical (unpaired) electrons. The van der Waals surface area contributed by atoms with Crippen LogP contribution in [-0.2, 0) is 6.42 Å². The van der Waals surface area contributed by atoms with Gasteiger partial charge in [0.2, 0.25) is 5.78 Å². The molecule has 0 saturated carbocycles. The Hall–Kier alpha value is -2.28. The van der Waals surface area contributed by atoms with Gasteiger partial charge in [0.25, 0.3) is 0 Å². The Kier molecular flexibility index (Phi) is 3.37. The van der Waals surface area contributed by atoms with Gasteiger partial charge in [-0.3, -0.25) is 9.78 Å². The second kappa shape index (κ2) is 5.42. The van der Waals surface area contributed by atoms with Gasteiger partial charge in [0.15, 0.2) is 5.65 Å². The van der Waals surface area contributed by atoms with Gasteiger partial charge in [-0.25, -0.2) is 9.50 Å². The molecular weight excluding hydrogens is 358 g/mol. The summed E-state index contributed by atoms with van der Waals surface area (Å²) in [6, 6.07) is 3.61. The van der Waals surface area contributed by atoms with Crippen LogP contribution >= 0.6 is 15.9 Å². The maximum atomic E-state index is 12.7. The van der Waals surface area contributed by atoms with E-state index in [0.29, 0.717) is 16.9 Å². The van der Waals surface area contributed by atoms with Gasteiger partial charge in [-0.15, -0.1) is 0 Å². The normalized spacial score (nSPS) is 14.1. The lowest BCUT2D eigenvalue weighted by Crippen LogP contribution is -2.25. The Morgan fingerprint density at radius 2 is 2.13 bits per heavy atom. The van der Waals surface area contributed by atoms with E-state index in [1.165, 1.54) is 0 Å². The predicted octanol–water partition coefficient (Wildman–Crippen LogP) is 2.50. The number of pyridine rings is 1. The smallest absolute Gasteiger partial charge is 0.214 e. The number of carbonyl (C=O) groups is 1. The highest BCUT2D eigenvalue weighted by molar-refractivity contribution is 9.10. The summed E-state index contributed by atoms with van der Waals surface area (Å²) in [5, 5.41) is 4.31. The van der Waals surface area contributed by atoms with Crippen molar-refractivity contribution >= 4 is 33.0 Å². The van der Waals surface area contributed by atoms with E-state index in [2.05, 4.69) is 35.9 Å². The van der Waals surface area contributed by atoms with Crippen molar-refractivity contribution in [2.45, 2.75) is 12.8 Å². The summed E-state index contributed by atoms with van der Waals surface area (Å²) in [6.07, 6.45) is 7.16. The second-order valence-corrected chi connectivity index (χ2v) is 6.56. The lowest BCUT2D eigenvalue weighted by molar-refractivity contribution is 0.103. The number of rotatable bonds is 2. The lowest BCUT2D eigenvalue weighted by Gasteiger charge is -2.26. The van der Waals surface area contributed by atoms with E-state index >= 15 is 0 Å². The summed E-state index contributed by atoms with van der Waals surface area (Å²) < 4.78 is 2.40. The maximum Gasteiger partial charge on any atom is 0.214 e. The fourth-order valence-corrected chi connectivity index (χ4v) is 3.14. The first kappa shape index (κ1) is 14.3. The molecule has 7 heteroatoms. The summed E-state index contributed by atoms with van der Waals surface area (Å²) in [6.45, 7) is 0.985. The average Bonchev–Trinajstić information content (AvgIpc) is 2.97. The molecule has 0 amide bonds. The molecule has 0 aliphatic carbocycles. The standard InChI is InChI=1S/C16H14BrN5O/c1-21-4-2-3-12-14(21)5-10(7-18-12)16(23)13-6-15-19-8-11(17)9-22(15)20-13/h5-9H,2-4H2,1H3. The van der Waals surface area contributed by atoms with Crippen molar-refractivity contribution in [2.75, 3.05) is 18.5 Å². The summed E-state index contributed by atoms with van der Waals surface area (Å²) in [5.41, 5.74) is 3.65. The molecule has 1 aliphatic rings. The van der Waals surface area contributed by atoms with E-state index in [4.69, 9.17) is 0 Å². The first-order valence-corrected chi connectivity index (χ1v) is 8.17. The van der Waals surface area contributed by atoms with Crippen molar-refractivity contribution in [3.05, 3.63) is 52.1 Å². The highest BCUT2D eigenvalue weighted by Gasteiger charge is 2.20. The fourth-order valence-electron chi connectivity index (χ4n) is 2.85. The van der Waals surface area contributed by atoms with Crippen LogP contribution in [-0.4, -0.2) is 39.0 Å². The number of aryl methyl sites for hydroxylation is 1. The Morgan fingerprint density at radius 3 is 3.00 bits per heavy atom. The van der Waals surface area contributed by atoms with Gasteiger partial charge < -0.3 is 4.90 Å². The molecule has 0 fully saturated rings. The van der Waals surface area contributed by atoms with Gasteiger partial charge in [-0.2, -0.15) is 5.10 Å². The van der Waals surface area contributed by atoms with Gasteiger partial charge in [0, 0.05) is 43.8 Å². The van der Waals surface area contributed by atoms with Crippen molar-refractivity contribution in [3.63, 3.8) is 0 Å². The van der Waals surface area contributed by atoms with Crippen LogP contribution in [0.25, 0.3) is 5.65 Å². The highest BCUT2D eigenvalue weighted by Crippen LogP contribution is 2.26. The summed E-state index contributed by atoms with van der Waals surface area (Å²) >= 11 is 3.35. The van der Waals surface area contributed by atoms with Gasteiger partial charge in [0.1, 0.15) is 5.69 Å². The van der Waals surface area contributed by atoms with E-state index < -0.39 is 0 Å². The lowest BCUT2D eigenvalue weighted by atomic mass is 10.0. The first-order chi connectivity index (χ1) is 11.1. The van der Waals surface area contributed by atoms with Crippen LogP contribution in [0.3, 0.4) is 0 Å². The molecule has 6 nitrogen and oxygen atoms in total. The van der Waals surface area contributed by atoms with Gasteiger partial charge in [0.05, 0.1) is 15.9 Å². The number of carbonyl (C=O) groups excluding carboxylic acids is 1. The minimum Gasteiger partial charge on any atom is -0.373 e. The number of anilines is 1. The van der Waals surface area contributed by atoms with E-state index in [1.54, 1.807) is 29.2 Å². The van der Waals surface area contributed by atoms with E-state index in [9.17, 15) is 4.79 Å². The highest BCUT2D eigenvalue weighted by atomic mass is 79.9. The monoisotopic (exact) mass is 371 g/mol. The topological polar surface area (TPSA) is 63.4 Å². The van der Waals surface area contributed by atoms with Crippen LogP contribution in [0.5, 0.6) is 0 Å². The Labute approximate surface area is 141 Å². The maximum absolute atomic E-state index is 12.7. The van der Waals surface area contributed by atoms with Crippen molar-refractivity contribution in [1.29, 1.82) is 0 Å². The molecule has 0 atom stereocenters. The molecule has 3 aromatic heterocycles. The molecule has 0 spiro atoms. The minimum atomic E-state index is -0.138. The van der Waals surface area contributed by atoms with Gasteiger partial charge in [-0.1, -0.05) is 0 Å². The molecule has 3 aromatic rings. The molecule has 0 N–H and O–H groups in total. The molecule has 4 heterocycles. The SMILES string of the molecule is CN1CCCc2ncc(C(=O)c3cc4ncc(Br)cn4n3)cc21. The van der Waals surface area contributed by atoms with Gasteiger partial charge >= 0.3 is 0 Å². The van der Waals surface area contributed by atoms with Crippen LogP contribution in [0.2, 0.25) is 0 Å². The van der Waals surface area contributed by atoms with Crippen LogP contribution in [0.15, 0.2) is 35.2 Å². The van der Waals surface area contributed by atoms with Crippen molar-refractivity contribution in [2.24, 2.45) is 0 Å². The van der Waals surface area contributed by atoms with E-state index in [1.807, 2.05) is 13.1 Å². The van der Waals surface area contributed by atoms with Gasteiger partial charge in [-0.05, 0) is 34.8 Å². The average molecular weight is 372 g/mol. The summed E-state index contributed by atoms with van der Waals surface area (Å²) in [7, 11) is 2.03. The third kappa shape index (κ3) is 2.50. The Balaban J connectivity index is 1.74. The number of aromatic nitrogens is 4. The van der Waals surface area contributed by atoms with E-state index in [0.717, 1.165) is 35.2 Å². The molecule has 1 aliphatic heterocycles. The van der Waals surface area contributed by atoms with Crippen molar-refractivity contribution in [3.8, 4) is 0 Å². The number of ketones is 1. The number of halogens is 1. The van der Waals surface area contributed by atoms with E-state index in [-0.39, 0.29) is 5.78 Å². The minimum absolute atomic E-state index is 0.138. The van der Waals surface area contributed by atoms with Crippen LogP contribution in [0.1, 0.15) is 28.2 Å². The van der Waals surface area contributed by atoms with Crippen LogP contribution in [0.4, 0.5) is 5.69 Å². The fraction of sp³-hybridized carbons (Fsp3) is 0.250. The number of fused-ring (bicyclic) bond motifs is 2. The van der Waals surface area contributed by atoms with Crippen molar-refractivity contribution in [1.82, 2.24) is 19.6 Å². The van der Waals surface area contributed by atoms with Crippen LogP contribution in [0, 0.1) is 0 Å². The Morgan fingerprint density at radius 1 is 1.26 bits per heavy atom. The molecule has 23 heavy (non-hydrogen) atoms. The third-order valence-electron chi connectivity index (χ3n) is 4.04. The molecule has 4 rings (SSSR count). The molecule has 0 aromatic carbocycles. The third-order valence-corrected chi connectivity index (χ3v) is 4.45. The molecular formula is C16H14BrN5O. The quantitative estimate of drug-likeness (QED) is 0.647. The van der Waals surface area contributed by atoms with Crippen molar-refractivity contribution < 1.29 is 4.79 Å². The summed E-state index contributed by atoms with van der Waals surface area (Å²) in [4.78, 5) is 23.6. The largest absolute Gasteiger partial charge is 0.373 e. The molecule has 0 saturated heterocycles. The molecule has 116 valence electrons. The number of hydrogen-bond acceptors (Lipinski definition) is 5. The number of nitrogens with zero attached hydrogens (tertiary/aromatic N) is 5. The Bertz CT molecular complexity index is 920. The molecule has 0 bridgehead atoms. The first-order valence-electron chi connectivity index (χ1n) is 7.37. The zero-order chi connectivity index (χ0) is 16.0. The molecule has 0 unspecified atom stereocenters. The summed E-state index contributed by atoms with van der Waals surface area (Å²) in [5.74, 6) is -0.138. The van der Waals surface area contributed by atoms with Crippen LogP contribution < -0.4 is 4.90 Å². The zero-order valence-electron chi connectivity index (χ0n) is 12.5. The number of hydrogen-bond donors (Lipinski definition) is 0. The second-order valence-electron chi connectivity index (χ2n) is 5.65. The zero-order valence-corrected chi connectivity index (χ0v) is 14.1. The predicted molar refractivity (Wildman–Crippen MR) is 89.9 cm³/mol.